The number of anilines is 1. The Bertz CT molecular complexity index is 432. The number of nitriles is 1. The average Bonchev–Trinajstić information content (AvgIpc) is 2.46. The van der Waals surface area contributed by atoms with E-state index in [1.807, 2.05) is 0 Å². The Morgan fingerprint density at radius 2 is 2.21 bits per heavy atom. The topological polar surface area (TPSA) is 52.0 Å². The Morgan fingerprint density at radius 1 is 1.42 bits per heavy atom. The van der Waals surface area contributed by atoms with E-state index in [1.165, 1.54) is 32.4 Å². The van der Waals surface area contributed by atoms with Crippen LogP contribution in [-0.2, 0) is 0 Å². The normalized spacial score (nSPS) is 17.7. The van der Waals surface area contributed by atoms with Crippen molar-refractivity contribution in [1.82, 2.24) is 9.88 Å². The van der Waals surface area contributed by atoms with Crippen LogP contribution in [0.4, 0.5) is 5.69 Å². The summed E-state index contributed by atoms with van der Waals surface area (Å²) in [5, 5.41) is 12.4. The number of hydrogen-bond acceptors (Lipinski definition) is 4. The lowest BCUT2D eigenvalue weighted by molar-refractivity contribution is 0.204. The number of aromatic nitrogens is 1. The van der Waals surface area contributed by atoms with Crippen molar-refractivity contribution in [2.45, 2.75) is 26.2 Å². The van der Waals surface area contributed by atoms with Crippen LogP contribution < -0.4 is 5.32 Å². The molecule has 0 amide bonds. The lowest BCUT2D eigenvalue weighted by Gasteiger charge is -2.29. The molecule has 0 bridgehead atoms. The molecule has 1 aromatic rings. The smallest absolute Gasteiger partial charge is 0.101 e. The van der Waals surface area contributed by atoms with Crippen molar-refractivity contribution in [2.24, 2.45) is 5.92 Å². The highest BCUT2D eigenvalue weighted by atomic mass is 15.1. The average molecular weight is 258 g/mol. The third-order valence-corrected chi connectivity index (χ3v) is 3.60. The summed E-state index contributed by atoms with van der Waals surface area (Å²) in [6, 6.07) is 3.94. The minimum absolute atomic E-state index is 0.574. The summed E-state index contributed by atoms with van der Waals surface area (Å²) in [6.45, 7) is 6.75. The van der Waals surface area contributed by atoms with Gasteiger partial charge in [0.15, 0.2) is 0 Å². The lowest BCUT2D eigenvalue weighted by atomic mass is 10.1. The van der Waals surface area contributed by atoms with E-state index in [1.54, 1.807) is 18.5 Å². The SMILES string of the molecule is CC(CNc1cnccc1C#N)CN1CCCCC1. The van der Waals surface area contributed by atoms with Crippen molar-refractivity contribution in [1.29, 1.82) is 5.26 Å². The van der Waals surface area contributed by atoms with Crippen molar-refractivity contribution in [2.75, 3.05) is 31.5 Å². The first-order valence-corrected chi connectivity index (χ1v) is 7.10. The third-order valence-electron chi connectivity index (χ3n) is 3.60. The molecule has 1 aromatic heterocycles. The second-order valence-corrected chi connectivity index (χ2v) is 5.38. The number of pyridine rings is 1. The number of likely N-dealkylation sites (tertiary alicyclic amines) is 1. The van der Waals surface area contributed by atoms with Gasteiger partial charge in [-0.3, -0.25) is 4.98 Å². The summed E-state index contributed by atoms with van der Waals surface area (Å²) in [7, 11) is 0. The quantitative estimate of drug-likeness (QED) is 0.881. The zero-order valence-electron chi connectivity index (χ0n) is 11.6. The van der Waals surface area contributed by atoms with Crippen LogP contribution in [0.5, 0.6) is 0 Å². The maximum Gasteiger partial charge on any atom is 0.101 e. The van der Waals surface area contributed by atoms with Gasteiger partial charge in [-0.15, -0.1) is 0 Å². The van der Waals surface area contributed by atoms with Crippen LogP contribution in [0.25, 0.3) is 0 Å². The minimum Gasteiger partial charge on any atom is -0.382 e. The van der Waals surface area contributed by atoms with Gasteiger partial charge in [-0.2, -0.15) is 5.26 Å². The third kappa shape index (κ3) is 4.22. The first-order valence-electron chi connectivity index (χ1n) is 7.10. The molecule has 19 heavy (non-hydrogen) atoms. The molecule has 1 aliphatic rings. The molecule has 2 heterocycles. The maximum absolute atomic E-state index is 9.02. The second kappa shape index (κ2) is 7.10. The summed E-state index contributed by atoms with van der Waals surface area (Å²) in [6.07, 6.45) is 7.43. The summed E-state index contributed by atoms with van der Waals surface area (Å²) in [5.74, 6) is 0.574. The van der Waals surface area contributed by atoms with Crippen LogP contribution in [0.15, 0.2) is 18.5 Å². The van der Waals surface area contributed by atoms with E-state index >= 15 is 0 Å². The molecule has 2 rings (SSSR count). The van der Waals surface area contributed by atoms with Crippen molar-refractivity contribution in [3.05, 3.63) is 24.0 Å². The van der Waals surface area contributed by atoms with Crippen LogP contribution in [0, 0.1) is 17.2 Å². The number of nitrogens with one attached hydrogen (secondary N) is 1. The molecule has 4 heteroatoms. The number of nitrogens with zero attached hydrogens (tertiary/aromatic N) is 3. The van der Waals surface area contributed by atoms with Crippen LogP contribution in [0.3, 0.4) is 0 Å². The fourth-order valence-corrected chi connectivity index (χ4v) is 2.56. The van der Waals surface area contributed by atoms with Crippen LogP contribution in [0.2, 0.25) is 0 Å². The van der Waals surface area contributed by atoms with Gasteiger partial charge in [-0.1, -0.05) is 13.3 Å². The first-order chi connectivity index (χ1) is 9.29. The summed E-state index contributed by atoms with van der Waals surface area (Å²) < 4.78 is 0. The molecule has 0 aromatic carbocycles. The van der Waals surface area contributed by atoms with Gasteiger partial charge in [0.2, 0.25) is 0 Å². The molecule has 1 fully saturated rings. The summed E-state index contributed by atoms with van der Waals surface area (Å²) >= 11 is 0. The van der Waals surface area contributed by atoms with Gasteiger partial charge in [-0.05, 0) is 37.9 Å². The summed E-state index contributed by atoms with van der Waals surface area (Å²) in [4.78, 5) is 6.61. The van der Waals surface area contributed by atoms with Gasteiger partial charge in [-0.25, -0.2) is 0 Å². The molecule has 4 nitrogen and oxygen atoms in total. The predicted octanol–water partition coefficient (Wildman–Crippen LogP) is 2.49. The fraction of sp³-hybridized carbons (Fsp3) is 0.600. The Labute approximate surface area is 115 Å². The van der Waals surface area contributed by atoms with Gasteiger partial charge < -0.3 is 10.2 Å². The molecule has 0 aliphatic carbocycles. The van der Waals surface area contributed by atoms with Crippen LogP contribution in [-0.4, -0.2) is 36.1 Å². The standard InChI is InChI=1S/C15H22N4/c1-13(12-19-7-3-2-4-8-19)10-18-15-11-17-6-5-14(15)9-16/h5-6,11,13,18H,2-4,7-8,10,12H2,1H3. The van der Waals surface area contributed by atoms with Crippen molar-refractivity contribution < 1.29 is 0 Å². The van der Waals surface area contributed by atoms with E-state index in [-0.39, 0.29) is 0 Å². The highest BCUT2D eigenvalue weighted by Crippen LogP contribution is 2.14. The Hall–Kier alpha value is -1.60. The highest BCUT2D eigenvalue weighted by Gasteiger charge is 2.13. The van der Waals surface area contributed by atoms with E-state index in [9.17, 15) is 0 Å². The molecule has 1 saturated heterocycles. The van der Waals surface area contributed by atoms with E-state index in [0.717, 1.165) is 18.8 Å². The zero-order chi connectivity index (χ0) is 13.5. The predicted molar refractivity (Wildman–Crippen MR) is 76.9 cm³/mol. The molecule has 1 N–H and O–H groups in total. The van der Waals surface area contributed by atoms with Crippen molar-refractivity contribution >= 4 is 5.69 Å². The molecule has 0 radical (unpaired) electrons. The van der Waals surface area contributed by atoms with Crippen LogP contribution >= 0.6 is 0 Å². The molecule has 102 valence electrons. The van der Waals surface area contributed by atoms with Gasteiger partial charge in [0.25, 0.3) is 0 Å². The molecule has 1 aliphatic heterocycles. The van der Waals surface area contributed by atoms with E-state index in [0.29, 0.717) is 11.5 Å². The zero-order valence-corrected chi connectivity index (χ0v) is 11.6. The second-order valence-electron chi connectivity index (χ2n) is 5.38. The number of rotatable bonds is 5. The first kappa shape index (κ1) is 13.8. The summed E-state index contributed by atoms with van der Waals surface area (Å²) in [5.41, 5.74) is 1.51. The van der Waals surface area contributed by atoms with Gasteiger partial charge in [0.1, 0.15) is 6.07 Å². The molecular formula is C15H22N4. The van der Waals surface area contributed by atoms with Gasteiger partial charge >= 0.3 is 0 Å². The highest BCUT2D eigenvalue weighted by molar-refractivity contribution is 5.55. The van der Waals surface area contributed by atoms with E-state index < -0.39 is 0 Å². The molecule has 1 unspecified atom stereocenters. The Kier molecular flexibility index (Phi) is 5.17. The van der Waals surface area contributed by atoms with Gasteiger partial charge in [0, 0.05) is 19.3 Å². The van der Waals surface area contributed by atoms with E-state index in [4.69, 9.17) is 5.26 Å². The molecule has 0 spiro atoms. The lowest BCUT2D eigenvalue weighted by Crippen LogP contribution is -2.35. The maximum atomic E-state index is 9.02. The van der Waals surface area contributed by atoms with E-state index in [2.05, 4.69) is 28.2 Å². The molecular weight excluding hydrogens is 236 g/mol. The largest absolute Gasteiger partial charge is 0.382 e. The minimum atomic E-state index is 0.574. The monoisotopic (exact) mass is 258 g/mol. The molecule has 1 atom stereocenters. The Balaban J connectivity index is 1.79. The number of piperidine rings is 1. The fourth-order valence-electron chi connectivity index (χ4n) is 2.56. The Morgan fingerprint density at radius 3 is 2.95 bits per heavy atom. The van der Waals surface area contributed by atoms with Crippen molar-refractivity contribution in [3.63, 3.8) is 0 Å². The number of hydrogen-bond donors (Lipinski definition) is 1. The van der Waals surface area contributed by atoms with Crippen molar-refractivity contribution in [3.8, 4) is 6.07 Å². The van der Waals surface area contributed by atoms with Gasteiger partial charge in [0.05, 0.1) is 17.4 Å². The molecule has 0 saturated carbocycles. The van der Waals surface area contributed by atoms with Crippen LogP contribution in [0.1, 0.15) is 31.7 Å².